The average molecular weight is 360 g/mol. The molecule has 0 bridgehead atoms. The maximum Gasteiger partial charge on any atom is 0.317 e. The highest BCUT2D eigenvalue weighted by atomic mass is 16.5. The van der Waals surface area contributed by atoms with Crippen LogP contribution in [0.15, 0.2) is 24.3 Å². The lowest BCUT2D eigenvalue weighted by Gasteiger charge is -2.43. The summed E-state index contributed by atoms with van der Waals surface area (Å²) in [7, 11) is 1.65. The second-order valence-corrected chi connectivity index (χ2v) is 7.80. The number of carbonyl (C=O) groups is 2. The number of likely N-dealkylation sites (tertiary alicyclic amines) is 1. The third kappa shape index (κ3) is 3.79. The number of nitrogens with one attached hydrogen (secondary N) is 1. The van der Waals surface area contributed by atoms with Crippen LogP contribution in [0.1, 0.15) is 38.2 Å². The molecule has 0 spiro atoms. The van der Waals surface area contributed by atoms with Gasteiger partial charge in [-0.05, 0) is 42.9 Å². The Labute approximate surface area is 154 Å². The zero-order valence-electron chi connectivity index (χ0n) is 15.5. The van der Waals surface area contributed by atoms with Crippen molar-refractivity contribution in [2.75, 3.05) is 26.7 Å². The Morgan fingerprint density at radius 1 is 1.27 bits per heavy atom. The van der Waals surface area contributed by atoms with Crippen LogP contribution < -0.4 is 10.1 Å². The molecule has 1 heterocycles. The summed E-state index contributed by atoms with van der Waals surface area (Å²) in [5.41, 5.74) is 1.20. The second-order valence-electron chi connectivity index (χ2n) is 7.80. The highest BCUT2D eigenvalue weighted by Crippen LogP contribution is 2.43. The van der Waals surface area contributed by atoms with Gasteiger partial charge in [0.1, 0.15) is 5.75 Å². The molecule has 1 aromatic carbocycles. The monoisotopic (exact) mass is 360 g/mol. The predicted molar refractivity (Wildman–Crippen MR) is 98.4 cm³/mol. The van der Waals surface area contributed by atoms with Gasteiger partial charge in [0.05, 0.1) is 13.0 Å². The number of benzene rings is 1. The second kappa shape index (κ2) is 7.56. The first kappa shape index (κ1) is 18.5. The molecule has 1 aromatic rings. The van der Waals surface area contributed by atoms with Crippen LogP contribution in [0.25, 0.3) is 0 Å². The van der Waals surface area contributed by atoms with Gasteiger partial charge in [-0.25, -0.2) is 4.79 Å². The molecular formula is C20H28N2O4. The van der Waals surface area contributed by atoms with Crippen molar-refractivity contribution in [1.82, 2.24) is 10.2 Å². The molecule has 2 N–H and O–H groups in total. The fourth-order valence-corrected chi connectivity index (χ4v) is 4.17. The van der Waals surface area contributed by atoms with Gasteiger partial charge in [0.25, 0.3) is 0 Å². The molecule has 1 aliphatic carbocycles. The summed E-state index contributed by atoms with van der Waals surface area (Å²) in [5.74, 6) is -0.254. The van der Waals surface area contributed by atoms with Crippen LogP contribution in [0, 0.1) is 11.8 Å². The Kier molecular flexibility index (Phi) is 5.39. The van der Waals surface area contributed by atoms with Crippen LogP contribution in [-0.2, 0) is 10.2 Å². The number of piperidine rings is 1. The zero-order chi connectivity index (χ0) is 18.7. The predicted octanol–water partition coefficient (Wildman–Crippen LogP) is 2.87. The lowest BCUT2D eigenvalue weighted by molar-refractivity contribution is -0.143. The molecule has 0 aromatic heterocycles. The highest BCUT2D eigenvalue weighted by molar-refractivity contribution is 5.76. The molecule has 2 amide bonds. The van der Waals surface area contributed by atoms with Gasteiger partial charge >= 0.3 is 12.0 Å². The van der Waals surface area contributed by atoms with E-state index >= 15 is 0 Å². The van der Waals surface area contributed by atoms with Crippen molar-refractivity contribution in [2.45, 2.75) is 38.0 Å². The summed E-state index contributed by atoms with van der Waals surface area (Å²) in [5, 5.41) is 12.3. The van der Waals surface area contributed by atoms with Gasteiger partial charge in [-0.2, -0.15) is 0 Å². The summed E-state index contributed by atoms with van der Waals surface area (Å²) in [6.07, 6.45) is 3.89. The van der Waals surface area contributed by atoms with E-state index in [1.54, 1.807) is 12.0 Å². The normalized spacial score (nSPS) is 24.5. The molecule has 1 saturated heterocycles. The molecule has 3 rings (SSSR count). The number of methoxy groups -OCH3 is 1. The fourth-order valence-electron chi connectivity index (χ4n) is 4.17. The highest BCUT2D eigenvalue weighted by Gasteiger charge is 2.40. The largest absolute Gasteiger partial charge is 0.497 e. The minimum absolute atomic E-state index is 0.0183. The number of carboxylic acid groups (broad SMARTS) is 1. The molecule has 6 nitrogen and oxygen atoms in total. The quantitative estimate of drug-likeness (QED) is 0.846. The summed E-state index contributed by atoms with van der Waals surface area (Å²) in [4.78, 5) is 25.6. The van der Waals surface area contributed by atoms with Crippen LogP contribution in [0.2, 0.25) is 0 Å². The van der Waals surface area contributed by atoms with E-state index in [4.69, 9.17) is 4.74 Å². The number of ether oxygens (including phenoxy) is 1. The number of carboxylic acids is 1. The number of rotatable bonds is 5. The SMILES string of the molecule is COc1ccc(C2(CNC(=O)N3CC(C)CC(C(=O)O)C3)CCC2)cc1. The maximum absolute atomic E-state index is 12.6. The van der Waals surface area contributed by atoms with Crippen molar-refractivity contribution in [2.24, 2.45) is 11.8 Å². The van der Waals surface area contributed by atoms with Crippen LogP contribution in [-0.4, -0.2) is 48.8 Å². The van der Waals surface area contributed by atoms with Gasteiger partial charge in [-0.15, -0.1) is 0 Å². The molecule has 1 aliphatic heterocycles. The van der Waals surface area contributed by atoms with E-state index in [0.717, 1.165) is 25.0 Å². The molecule has 2 fully saturated rings. The summed E-state index contributed by atoms with van der Waals surface area (Å²) >= 11 is 0. The van der Waals surface area contributed by atoms with E-state index < -0.39 is 11.9 Å². The number of aliphatic carboxylic acids is 1. The van der Waals surface area contributed by atoms with Gasteiger partial charge in [0.15, 0.2) is 0 Å². The molecular weight excluding hydrogens is 332 g/mol. The number of amides is 2. The third-order valence-corrected chi connectivity index (χ3v) is 5.89. The minimum atomic E-state index is -0.817. The molecule has 6 heteroatoms. The molecule has 1 saturated carbocycles. The smallest absolute Gasteiger partial charge is 0.317 e. The number of nitrogens with zero attached hydrogens (tertiary/aromatic N) is 1. The molecule has 26 heavy (non-hydrogen) atoms. The van der Waals surface area contributed by atoms with E-state index in [0.29, 0.717) is 26.1 Å². The molecule has 2 unspecified atom stereocenters. The van der Waals surface area contributed by atoms with Crippen LogP contribution in [0.3, 0.4) is 0 Å². The first-order chi connectivity index (χ1) is 12.4. The Morgan fingerprint density at radius 2 is 1.96 bits per heavy atom. The Morgan fingerprint density at radius 3 is 2.50 bits per heavy atom. The van der Waals surface area contributed by atoms with E-state index in [1.807, 2.05) is 19.1 Å². The lowest BCUT2D eigenvalue weighted by atomic mass is 9.64. The Balaban J connectivity index is 1.62. The molecule has 142 valence electrons. The zero-order valence-corrected chi connectivity index (χ0v) is 15.5. The van der Waals surface area contributed by atoms with E-state index in [2.05, 4.69) is 17.4 Å². The van der Waals surface area contributed by atoms with E-state index in [9.17, 15) is 14.7 Å². The van der Waals surface area contributed by atoms with Crippen molar-refractivity contribution in [3.63, 3.8) is 0 Å². The maximum atomic E-state index is 12.6. The standard InChI is InChI=1S/C20H28N2O4/c1-14-10-15(18(23)24)12-22(11-14)19(25)21-13-20(8-3-9-20)16-4-6-17(26-2)7-5-16/h4-7,14-15H,3,8-13H2,1-2H3,(H,21,25)(H,23,24). The van der Waals surface area contributed by atoms with E-state index in [-0.39, 0.29) is 17.4 Å². The topological polar surface area (TPSA) is 78.9 Å². The lowest BCUT2D eigenvalue weighted by Crippen LogP contribution is -2.53. The van der Waals surface area contributed by atoms with Crippen molar-refractivity contribution in [3.8, 4) is 5.75 Å². The Hall–Kier alpha value is -2.24. The van der Waals surface area contributed by atoms with Gasteiger partial charge in [0.2, 0.25) is 0 Å². The van der Waals surface area contributed by atoms with Gasteiger partial charge in [-0.1, -0.05) is 25.5 Å². The summed E-state index contributed by atoms with van der Waals surface area (Å²) < 4.78 is 5.23. The summed E-state index contributed by atoms with van der Waals surface area (Å²) in [6, 6.07) is 7.92. The van der Waals surface area contributed by atoms with Gasteiger partial charge in [0, 0.05) is 25.0 Å². The van der Waals surface area contributed by atoms with Crippen molar-refractivity contribution in [3.05, 3.63) is 29.8 Å². The van der Waals surface area contributed by atoms with Crippen LogP contribution in [0.5, 0.6) is 5.75 Å². The van der Waals surface area contributed by atoms with Crippen molar-refractivity contribution in [1.29, 1.82) is 0 Å². The molecule has 2 atom stereocenters. The fraction of sp³-hybridized carbons (Fsp3) is 0.600. The first-order valence-corrected chi connectivity index (χ1v) is 9.33. The molecule has 2 aliphatic rings. The third-order valence-electron chi connectivity index (χ3n) is 5.89. The van der Waals surface area contributed by atoms with Gasteiger partial charge < -0.3 is 20.1 Å². The number of urea groups is 1. The molecule has 0 radical (unpaired) electrons. The van der Waals surface area contributed by atoms with Gasteiger partial charge in [-0.3, -0.25) is 4.79 Å². The minimum Gasteiger partial charge on any atom is -0.497 e. The number of hydrogen-bond acceptors (Lipinski definition) is 3. The van der Waals surface area contributed by atoms with Crippen LogP contribution in [0.4, 0.5) is 4.79 Å². The van der Waals surface area contributed by atoms with E-state index in [1.165, 1.54) is 5.56 Å². The van der Waals surface area contributed by atoms with Crippen molar-refractivity contribution >= 4 is 12.0 Å². The van der Waals surface area contributed by atoms with Crippen molar-refractivity contribution < 1.29 is 19.4 Å². The first-order valence-electron chi connectivity index (χ1n) is 9.33. The van der Waals surface area contributed by atoms with Crippen LogP contribution >= 0.6 is 0 Å². The number of carbonyl (C=O) groups excluding carboxylic acids is 1. The average Bonchev–Trinajstić information content (AvgIpc) is 2.60. The number of hydrogen-bond donors (Lipinski definition) is 2. The Bertz CT molecular complexity index is 654. The summed E-state index contributed by atoms with van der Waals surface area (Å²) in [6.45, 7) is 3.49.